The van der Waals surface area contributed by atoms with Gasteiger partial charge in [0.2, 0.25) is 0 Å². The molecule has 0 saturated heterocycles. The fraction of sp³-hybridized carbons (Fsp3) is 0.500. The number of halogens is 1. The summed E-state index contributed by atoms with van der Waals surface area (Å²) >= 11 is 3.99. The van der Waals surface area contributed by atoms with Gasteiger partial charge in [0, 0.05) is 12.4 Å². The quantitative estimate of drug-likeness (QED) is 0.776. The second-order valence-corrected chi connectivity index (χ2v) is 7.27. The fourth-order valence-electron chi connectivity index (χ4n) is 1.96. The molecule has 0 aliphatic carbocycles. The monoisotopic (exact) mass is 402 g/mol. The van der Waals surface area contributed by atoms with Crippen molar-refractivity contribution in [2.75, 3.05) is 12.4 Å². The molecule has 2 aromatic rings. The smallest absolute Gasteiger partial charge is 0.143 e. The van der Waals surface area contributed by atoms with Crippen LogP contribution in [0.2, 0.25) is 0 Å². The number of rotatable bonds is 5. The minimum absolute atomic E-state index is 0.581. The van der Waals surface area contributed by atoms with Crippen LogP contribution in [0, 0.1) is 16.4 Å². The van der Waals surface area contributed by atoms with E-state index in [1.54, 1.807) is 11.3 Å². The zero-order valence-electron chi connectivity index (χ0n) is 12.2. The average Bonchev–Trinajstić information content (AvgIpc) is 2.78. The highest BCUT2D eigenvalue weighted by Crippen LogP contribution is 2.22. The zero-order chi connectivity index (χ0) is 14.7. The Kier molecular flexibility index (Phi) is 5.31. The second-order valence-electron chi connectivity index (χ2n) is 5.13. The Bertz CT molecular complexity index is 595. The third kappa shape index (κ3) is 3.88. The summed E-state index contributed by atoms with van der Waals surface area (Å²) < 4.78 is 1.12. The Morgan fingerprint density at radius 2 is 2.05 bits per heavy atom. The molecular formula is C14H19IN4S. The van der Waals surface area contributed by atoms with Gasteiger partial charge in [-0.25, -0.2) is 15.0 Å². The molecule has 0 saturated carbocycles. The number of hydrogen-bond donors (Lipinski definition) is 1. The zero-order valence-corrected chi connectivity index (χ0v) is 15.2. The Morgan fingerprint density at radius 1 is 1.30 bits per heavy atom. The lowest BCUT2D eigenvalue weighted by Crippen LogP contribution is -2.10. The van der Waals surface area contributed by atoms with Gasteiger partial charge in [0.1, 0.15) is 11.6 Å². The number of aromatic nitrogens is 3. The molecule has 4 nitrogen and oxygen atoms in total. The molecule has 108 valence electrons. The van der Waals surface area contributed by atoms with E-state index in [0.29, 0.717) is 12.3 Å². The van der Waals surface area contributed by atoms with Crippen LogP contribution >= 0.6 is 33.9 Å². The molecular weight excluding hydrogens is 383 g/mol. The van der Waals surface area contributed by atoms with E-state index in [0.717, 1.165) is 38.0 Å². The lowest BCUT2D eigenvalue weighted by atomic mass is 10.1. The van der Waals surface area contributed by atoms with Gasteiger partial charge in [-0.2, -0.15) is 0 Å². The van der Waals surface area contributed by atoms with Gasteiger partial charge in [-0.05, 0) is 41.9 Å². The molecule has 2 rings (SSSR count). The molecule has 0 spiro atoms. The van der Waals surface area contributed by atoms with E-state index >= 15 is 0 Å². The van der Waals surface area contributed by atoms with Gasteiger partial charge in [-0.15, -0.1) is 11.3 Å². The lowest BCUT2D eigenvalue weighted by Gasteiger charge is -2.12. The summed E-state index contributed by atoms with van der Waals surface area (Å²) in [5, 5.41) is 6.33. The summed E-state index contributed by atoms with van der Waals surface area (Å²) in [5.41, 5.74) is 2.17. The summed E-state index contributed by atoms with van der Waals surface area (Å²) in [6.45, 7) is 6.44. The maximum atomic E-state index is 4.73. The first-order chi connectivity index (χ1) is 9.49. The minimum atomic E-state index is 0.581. The first kappa shape index (κ1) is 15.6. The Morgan fingerprint density at radius 3 is 2.60 bits per heavy atom. The number of hydrogen-bond acceptors (Lipinski definition) is 5. The van der Waals surface area contributed by atoms with Crippen LogP contribution in [0.3, 0.4) is 0 Å². The van der Waals surface area contributed by atoms with E-state index in [-0.39, 0.29) is 0 Å². The topological polar surface area (TPSA) is 50.7 Å². The van der Waals surface area contributed by atoms with Crippen molar-refractivity contribution in [1.29, 1.82) is 0 Å². The summed E-state index contributed by atoms with van der Waals surface area (Å²) in [7, 11) is 1.90. The summed E-state index contributed by atoms with van der Waals surface area (Å²) in [6.07, 6.45) is 1.67. The highest BCUT2D eigenvalue weighted by Gasteiger charge is 2.13. The molecule has 0 aliphatic rings. The first-order valence-electron chi connectivity index (χ1n) is 6.63. The van der Waals surface area contributed by atoms with Gasteiger partial charge in [0.05, 0.1) is 26.4 Å². The van der Waals surface area contributed by atoms with Crippen LogP contribution in [0.4, 0.5) is 5.82 Å². The molecule has 2 aromatic heterocycles. The molecule has 0 aromatic carbocycles. The summed E-state index contributed by atoms with van der Waals surface area (Å²) in [5.74, 6) is 2.34. The van der Waals surface area contributed by atoms with Crippen molar-refractivity contribution in [3.63, 3.8) is 0 Å². The van der Waals surface area contributed by atoms with Gasteiger partial charge in [0.15, 0.2) is 0 Å². The molecule has 0 radical (unpaired) electrons. The summed E-state index contributed by atoms with van der Waals surface area (Å²) in [4.78, 5) is 13.8. The second kappa shape index (κ2) is 6.80. The van der Waals surface area contributed by atoms with Crippen LogP contribution in [0.15, 0.2) is 5.38 Å². The Balaban J connectivity index is 2.32. The number of anilines is 1. The predicted octanol–water partition coefficient (Wildman–Crippen LogP) is 3.68. The van der Waals surface area contributed by atoms with Gasteiger partial charge in [-0.1, -0.05) is 13.8 Å². The third-order valence-electron chi connectivity index (χ3n) is 2.81. The van der Waals surface area contributed by atoms with E-state index in [1.165, 1.54) is 0 Å². The van der Waals surface area contributed by atoms with Gasteiger partial charge >= 0.3 is 0 Å². The van der Waals surface area contributed by atoms with E-state index < -0.39 is 0 Å². The van der Waals surface area contributed by atoms with Crippen molar-refractivity contribution in [1.82, 2.24) is 15.0 Å². The van der Waals surface area contributed by atoms with E-state index in [1.807, 2.05) is 14.0 Å². The number of thiazole rings is 1. The van der Waals surface area contributed by atoms with Crippen LogP contribution in [-0.4, -0.2) is 22.0 Å². The highest BCUT2D eigenvalue weighted by molar-refractivity contribution is 14.1. The van der Waals surface area contributed by atoms with Crippen molar-refractivity contribution in [2.24, 2.45) is 5.92 Å². The van der Waals surface area contributed by atoms with Crippen LogP contribution in [-0.2, 0) is 12.8 Å². The van der Waals surface area contributed by atoms with Gasteiger partial charge in [-0.3, -0.25) is 0 Å². The fourth-order valence-corrected chi connectivity index (χ4v) is 3.31. The third-order valence-corrected chi connectivity index (χ3v) is 4.77. The van der Waals surface area contributed by atoms with Crippen LogP contribution in [0.1, 0.15) is 36.1 Å². The van der Waals surface area contributed by atoms with Gasteiger partial charge in [0.25, 0.3) is 0 Å². The highest BCUT2D eigenvalue weighted by atomic mass is 127. The molecule has 0 fully saturated rings. The van der Waals surface area contributed by atoms with Crippen molar-refractivity contribution in [3.05, 3.63) is 31.2 Å². The summed E-state index contributed by atoms with van der Waals surface area (Å²) in [6, 6.07) is 0. The molecule has 6 heteroatoms. The standard InChI is InChI=1S/C14H19IN4S/c1-8(2)5-11-13(15)14(16-4)19-12(18-11)6-10-7-20-9(3)17-10/h7-8H,5-6H2,1-4H3,(H,16,18,19). The van der Waals surface area contributed by atoms with Crippen molar-refractivity contribution in [2.45, 2.75) is 33.6 Å². The SMILES string of the molecule is CNc1nc(Cc2csc(C)n2)nc(CC(C)C)c1I. The Labute approximate surface area is 137 Å². The molecule has 0 bridgehead atoms. The molecule has 0 unspecified atom stereocenters. The van der Waals surface area contributed by atoms with E-state index in [4.69, 9.17) is 4.98 Å². The average molecular weight is 402 g/mol. The van der Waals surface area contributed by atoms with E-state index in [9.17, 15) is 0 Å². The lowest BCUT2D eigenvalue weighted by molar-refractivity contribution is 0.628. The molecule has 0 aliphatic heterocycles. The molecule has 2 heterocycles. The number of nitrogens with zero attached hydrogens (tertiary/aromatic N) is 3. The van der Waals surface area contributed by atoms with Crippen molar-refractivity contribution >= 4 is 39.7 Å². The van der Waals surface area contributed by atoms with Crippen molar-refractivity contribution in [3.8, 4) is 0 Å². The largest absolute Gasteiger partial charge is 0.372 e. The maximum absolute atomic E-state index is 4.73. The number of aryl methyl sites for hydroxylation is 1. The number of nitrogens with one attached hydrogen (secondary N) is 1. The van der Waals surface area contributed by atoms with Crippen LogP contribution in [0.5, 0.6) is 0 Å². The molecule has 1 N–H and O–H groups in total. The predicted molar refractivity (Wildman–Crippen MR) is 92.5 cm³/mol. The van der Waals surface area contributed by atoms with E-state index in [2.05, 4.69) is 57.1 Å². The van der Waals surface area contributed by atoms with Crippen molar-refractivity contribution < 1.29 is 0 Å². The molecule has 0 atom stereocenters. The van der Waals surface area contributed by atoms with Gasteiger partial charge < -0.3 is 5.32 Å². The minimum Gasteiger partial charge on any atom is -0.372 e. The van der Waals surface area contributed by atoms with Crippen LogP contribution < -0.4 is 5.32 Å². The normalized spacial score (nSPS) is 11.1. The Hall–Kier alpha value is -0.760. The molecule has 0 amide bonds. The first-order valence-corrected chi connectivity index (χ1v) is 8.59. The molecule has 20 heavy (non-hydrogen) atoms. The maximum Gasteiger partial charge on any atom is 0.143 e. The van der Waals surface area contributed by atoms with Crippen LogP contribution in [0.25, 0.3) is 0 Å².